The molecule has 0 saturated heterocycles. The minimum absolute atomic E-state index is 0.155. The Kier molecular flexibility index (Phi) is 2.67. The van der Waals surface area contributed by atoms with E-state index in [1.165, 1.54) is 17.5 Å². The quantitative estimate of drug-likeness (QED) is 0.765. The monoisotopic (exact) mass is 326 g/mol. The molecule has 92 valence electrons. The normalized spacial score (nSPS) is 11.2. The predicted molar refractivity (Wildman–Crippen MR) is 71.2 cm³/mol. The van der Waals surface area contributed by atoms with Gasteiger partial charge in [0, 0.05) is 24.0 Å². The van der Waals surface area contributed by atoms with Crippen molar-refractivity contribution in [1.29, 1.82) is 0 Å². The van der Waals surface area contributed by atoms with Crippen LogP contribution in [0.2, 0.25) is 0 Å². The van der Waals surface area contributed by atoms with E-state index in [0.717, 1.165) is 9.53 Å². The van der Waals surface area contributed by atoms with E-state index in [1.54, 1.807) is 6.20 Å². The first kappa shape index (κ1) is 11.4. The van der Waals surface area contributed by atoms with Crippen LogP contribution in [0, 0.1) is 0 Å². The molecular formula is C10H7BrN4O2S. The Morgan fingerprint density at radius 3 is 3.06 bits per heavy atom. The van der Waals surface area contributed by atoms with Crippen molar-refractivity contribution in [3.8, 4) is 0 Å². The maximum absolute atomic E-state index is 11.8. The van der Waals surface area contributed by atoms with Gasteiger partial charge in [0.1, 0.15) is 0 Å². The average Bonchev–Trinajstić information content (AvgIpc) is 2.90. The molecule has 0 radical (unpaired) electrons. The van der Waals surface area contributed by atoms with Gasteiger partial charge in [0.15, 0.2) is 4.96 Å². The maximum Gasteiger partial charge on any atom is 0.328 e. The van der Waals surface area contributed by atoms with Gasteiger partial charge < -0.3 is 4.98 Å². The van der Waals surface area contributed by atoms with Crippen LogP contribution in [-0.4, -0.2) is 18.9 Å². The number of H-pyrrole nitrogens is 1. The smallest absolute Gasteiger partial charge is 0.313 e. The average molecular weight is 327 g/mol. The Labute approximate surface area is 113 Å². The highest BCUT2D eigenvalue weighted by molar-refractivity contribution is 9.10. The molecule has 6 nitrogen and oxygen atoms in total. The Morgan fingerprint density at radius 1 is 1.44 bits per heavy atom. The summed E-state index contributed by atoms with van der Waals surface area (Å²) in [6, 6.07) is 0. The van der Waals surface area contributed by atoms with Crippen molar-refractivity contribution in [2.45, 2.75) is 6.54 Å². The summed E-state index contributed by atoms with van der Waals surface area (Å²) < 4.78 is 3.29. The van der Waals surface area contributed by atoms with E-state index in [2.05, 4.69) is 25.9 Å². The standard InChI is InChI=1S/C10H7BrN4O2S/c11-7-3-12-9(17)15(8(7)16)5-6-4-14-1-2-18-10(14)13-6/h1-4H,5H2,(H,12,17). The Balaban J connectivity index is 2.07. The number of hydrogen-bond donors (Lipinski definition) is 1. The van der Waals surface area contributed by atoms with Crippen molar-refractivity contribution >= 4 is 32.2 Å². The second kappa shape index (κ2) is 4.21. The van der Waals surface area contributed by atoms with Gasteiger partial charge in [-0.15, -0.1) is 11.3 Å². The van der Waals surface area contributed by atoms with E-state index in [4.69, 9.17) is 0 Å². The van der Waals surface area contributed by atoms with Gasteiger partial charge in [-0.3, -0.25) is 13.8 Å². The highest BCUT2D eigenvalue weighted by atomic mass is 79.9. The van der Waals surface area contributed by atoms with Crippen molar-refractivity contribution in [2.24, 2.45) is 0 Å². The lowest BCUT2D eigenvalue weighted by atomic mass is 10.4. The zero-order valence-electron chi connectivity index (χ0n) is 8.96. The third kappa shape index (κ3) is 1.83. The van der Waals surface area contributed by atoms with Crippen LogP contribution in [0.4, 0.5) is 0 Å². The van der Waals surface area contributed by atoms with E-state index < -0.39 is 5.69 Å². The molecule has 3 aromatic rings. The third-order valence-electron chi connectivity index (χ3n) is 2.48. The van der Waals surface area contributed by atoms with Gasteiger partial charge in [-0.05, 0) is 15.9 Å². The highest BCUT2D eigenvalue weighted by Gasteiger charge is 2.09. The molecule has 0 aromatic carbocycles. The molecule has 0 fully saturated rings. The number of halogens is 1. The molecule has 3 rings (SSSR count). The molecular weight excluding hydrogens is 320 g/mol. The van der Waals surface area contributed by atoms with Gasteiger partial charge >= 0.3 is 5.69 Å². The van der Waals surface area contributed by atoms with E-state index in [-0.39, 0.29) is 12.1 Å². The summed E-state index contributed by atoms with van der Waals surface area (Å²) >= 11 is 4.59. The summed E-state index contributed by atoms with van der Waals surface area (Å²) in [6.07, 6.45) is 5.02. The molecule has 0 aliphatic rings. The number of imidazole rings is 1. The predicted octanol–water partition coefficient (Wildman–Crippen LogP) is 1.06. The molecule has 1 N–H and O–H groups in total. The molecule has 0 spiro atoms. The second-order valence-electron chi connectivity index (χ2n) is 3.66. The summed E-state index contributed by atoms with van der Waals surface area (Å²) in [5, 5.41) is 1.92. The fourth-order valence-electron chi connectivity index (χ4n) is 1.64. The van der Waals surface area contributed by atoms with Crippen LogP contribution in [0.3, 0.4) is 0 Å². The number of nitrogens with one attached hydrogen (secondary N) is 1. The summed E-state index contributed by atoms with van der Waals surface area (Å²) in [5.41, 5.74) is -0.137. The summed E-state index contributed by atoms with van der Waals surface area (Å²) in [6.45, 7) is 0.155. The third-order valence-corrected chi connectivity index (χ3v) is 3.82. The topological polar surface area (TPSA) is 72.2 Å². The van der Waals surface area contributed by atoms with E-state index in [9.17, 15) is 9.59 Å². The Bertz CT molecular complexity index is 800. The van der Waals surface area contributed by atoms with Crippen molar-refractivity contribution in [3.05, 3.63) is 55.0 Å². The SMILES string of the molecule is O=c1[nH]cc(Br)c(=O)n1Cc1cn2ccsc2n1. The van der Waals surface area contributed by atoms with Crippen LogP contribution in [-0.2, 0) is 6.54 Å². The molecule has 3 heterocycles. The summed E-state index contributed by atoms with van der Waals surface area (Å²) in [5.74, 6) is 0. The van der Waals surface area contributed by atoms with Crippen LogP contribution in [0.5, 0.6) is 0 Å². The lowest BCUT2D eigenvalue weighted by molar-refractivity contribution is 0.683. The van der Waals surface area contributed by atoms with Crippen LogP contribution in [0.1, 0.15) is 5.69 Å². The minimum Gasteiger partial charge on any atom is -0.313 e. The molecule has 0 aliphatic heterocycles. The molecule has 0 aliphatic carbocycles. The maximum atomic E-state index is 11.8. The van der Waals surface area contributed by atoms with Crippen LogP contribution >= 0.6 is 27.3 Å². The minimum atomic E-state index is -0.445. The number of aromatic amines is 1. The van der Waals surface area contributed by atoms with Crippen LogP contribution < -0.4 is 11.2 Å². The fraction of sp³-hybridized carbons (Fsp3) is 0.100. The zero-order valence-corrected chi connectivity index (χ0v) is 11.4. The first-order chi connectivity index (χ1) is 8.65. The van der Waals surface area contributed by atoms with Gasteiger partial charge in [-0.25, -0.2) is 9.78 Å². The van der Waals surface area contributed by atoms with E-state index in [0.29, 0.717) is 10.2 Å². The zero-order chi connectivity index (χ0) is 12.7. The van der Waals surface area contributed by atoms with Gasteiger partial charge in [-0.1, -0.05) is 0 Å². The van der Waals surface area contributed by atoms with Gasteiger partial charge in [0.05, 0.1) is 16.7 Å². The number of rotatable bonds is 2. The van der Waals surface area contributed by atoms with Crippen LogP contribution in [0.25, 0.3) is 4.96 Å². The van der Waals surface area contributed by atoms with Crippen molar-refractivity contribution in [2.75, 3.05) is 0 Å². The summed E-state index contributed by atoms with van der Waals surface area (Å²) in [4.78, 5) is 31.1. The van der Waals surface area contributed by atoms with Gasteiger partial charge in [-0.2, -0.15) is 0 Å². The second-order valence-corrected chi connectivity index (χ2v) is 5.39. The lowest BCUT2D eigenvalue weighted by Gasteiger charge is -2.01. The largest absolute Gasteiger partial charge is 0.328 e. The Hall–Kier alpha value is -1.67. The molecule has 0 saturated carbocycles. The molecule has 0 amide bonds. The lowest BCUT2D eigenvalue weighted by Crippen LogP contribution is -2.35. The number of aromatic nitrogens is 4. The van der Waals surface area contributed by atoms with Crippen molar-refractivity contribution in [3.63, 3.8) is 0 Å². The molecule has 0 unspecified atom stereocenters. The fourth-order valence-corrected chi connectivity index (χ4v) is 2.69. The molecule has 0 bridgehead atoms. The van der Waals surface area contributed by atoms with Gasteiger partial charge in [0.2, 0.25) is 0 Å². The first-order valence-electron chi connectivity index (χ1n) is 5.04. The molecule has 18 heavy (non-hydrogen) atoms. The Morgan fingerprint density at radius 2 is 2.28 bits per heavy atom. The van der Waals surface area contributed by atoms with Crippen LogP contribution in [0.15, 0.2) is 38.0 Å². The molecule has 3 aromatic heterocycles. The first-order valence-corrected chi connectivity index (χ1v) is 6.71. The van der Waals surface area contributed by atoms with E-state index >= 15 is 0 Å². The number of hydrogen-bond acceptors (Lipinski definition) is 4. The van der Waals surface area contributed by atoms with Crippen molar-refractivity contribution in [1.82, 2.24) is 18.9 Å². The van der Waals surface area contributed by atoms with E-state index in [1.807, 2.05) is 16.0 Å². The van der Waals surface area contributed by atoms with Crippen molar-refractivity contribution < 1.29 is 0 Å². The number of thiazole rings is 1. The highest BCUT2D eigenvalue weighted by Crippen LogP contribution is 2.11. The summed E-state index contributed by atoms with van der Waals surface area (Å²) in [7, 11) is 0. The number of nitrogens with zero attached hydrogens (tertiary/aromatic N) is 3. The number of fused-ring (bicyclic) bond motifs is 1. The molecule has 0 atom stereocenters. The molecule has 8 heteroatoms. The van der Waals surface area contributed by atoms with Gasteiger partial charge in [0.25, 0.3) is 5.56 Å².